The molecule has 13 heavy (non-hydrogen) atoms. The van der Waals surface area contributed by atoms with Gasteiger partial charge in [0, 0.05) is 19.6 Å². The number of β-amino-alcohol motifs (C(OH)–C–C–N with tert-alkyl or cyclic N) is 1. The zero-order valence-corrected chi connectivity index (χ0v) is 7.70. The Labute approximate surface area is 78.2 Å². The summed E-state index contributed by atoms with van der Waals surface area (Å²) in [6, 6.07) is -0.112. The first-order valence-corrected chi connectivity index (χ1v) is 4.55. The van der Waals surface area contributed by atoms with E-state index in [9.17, 15) is 9.90 Å². The van der Waals surface area contributed by atoms with Crippen LogP contribution in [0.4, 0.5) is 4.79 Å². The number of rotatable bonds is 2. The predicted octanol–water partition coefficient (Wildman–Crippen LogP) is 0.339. The maximum Gasteiger partial charge on any atom is 0.317 e. The summed E-state index contributed by atoms with van der Waals surface area (Å²) >= 11 is 0. The third-order valence-electron chi connectivity index (χ3n) is 2.08. The second-order valence-corrected chi connectivity index (χ2v) is 3.22. The quantitative estimate of drug-likeness (QED) is 0.608. The molecular formula is C9H16N2O2. The zero-order chi connectivity index (χ0) is 9.68. The van der Waals surface area contributed by atoms with Crippen molar-refractivity contribution in [1.82, 2.24) is 10.2 Å². The van der Waals surface area contributed by atoms with E-state index >= 15 is 0 Å². The van der Waals surface area contributed by atoms with Crippen LogP contribution >= 0.6 is 0 Å². The maximum atomic E-state index is 11.4. The Morgan fingerprint density at radius 1 is 1.77 bits per heavy atom. The number of hydrogen-bond acceptors (Lipinski definition) is 2. The van der Waals surface area contributed by atoms with Gasteiger partial charge in [-0.25, -0.2) is 4.79 Å². The van der Waals surface area contributed by atoms with Crippen LogP contribution in [0, 0.1) is 0 Å². The highest BCUT2D eigenvalue weighted by atomic mass is 16.3. The number of carbonyl (C=O) groups is 1. The third-order valence-corrected chi connectivity index (χ3v) is 2.08. The monoisotopic (exact) mass is 184 g/mol. The average molecular weight is 184 g/mol. The predicted molar refractivity (Wildman–Crippen MR) is 50.4 cm³/mol. The van der Waals surface area contributed by atoms with Gasteiger partial charge in [-0.1, -0.05) is 6.08 Å². The van der Waals surface area contributed by atoms with Gasteiger partial charge in [0.25, 0.3) is 0 Å². The molecule has 0 aromatic rings. The molecule has 1 atom stereocenters. The Morgan fingerprint density at radius 3 is 3.15 bits per heavy atom. The van der Waals surface area contributed by atoms with Crippen LogP contribution in [-0.2, 0) is 0 Å². The second kappa shape index (κ2) is 4.87. The third kappa shape index (κ3) is 3.06. The van der Waals surface area contributed by atoms with Crippen molar-refractivity contribution in [3.05, 3.63) is 12.7 Å². The number of hydrogen-bond donors (Lipinski definition) is 2. The number of aliphatic hydroxyl groups is 1. The lowest BCUT2D eigenvalue weighted by atomic mass is 10.1. The molecule has 1 heterocycles. The summed E-state index contributed by atoms with van der Waals surface area (Å²) in [5.41, 5.74) is 0. The number of amides is 2. The number of aliphatic hydroxyl groups excluding tert-OH is 1. The van der Waals surface area contributed by atoms with Crippen LogP contribution in [0.25, 0.3) is 0 Å². The minimum atomic E-state index is -0.358. The maximum absolute atomic E-state index is 11.4. The van der Waals surface area contributed by atoms with E-state index in [1.54, 1.807) is 11.0 Å². The van der Waals surface area contributed by atoms with Crippen LogP contribution in [0.15, 0.2) is 12.7 Å². The first kappa shape index (κ1) is 10.1. The zero-order valence-electron chi connectivity index (χ0n) is 7.70. The van der Waals surface area contributed by atoms with E-state index in [0.717, 1.165) is 19.4 Å². The molecule has 1 fully saturated rings. The molecule has 4 nitrogen and oxygen atoms in total. The van der Waals surface area contributed by atoms with Crippen molar-refractivity contribution in [3.8, 4) is 0 Å². The molecule has 1 rings (SSSR count). The Bertz CT molecular complexity index is 194. The van der Waals surface area contributed by atoms with Gasteiger partial charge < -0.3 is 15.3 Å². The van der Waals surface area contributed by atoms with Crippen LogP contribution in [0.1, 0.15) is 12.8 Å². The summed E-state index contributed by atoms with van der Waals surface area (Å²) in [5, 5.41) is 12.0. The average Bonchev–Trinajstić information content (AvgIpc) is 2.14. The van der Waals surface area contributed by atoms with Gasteiger partial charge in [-0.05, 0) is 12.8 Å². The van der Waals surface area contributed by atoms with Crippen molar-refractivity contribution in [3.63, 3.8) is 0 Å². The number of piperidine rings is 1. The Balaban J connectivity index is 2.32. The molecule has 4 heteroatoms. The topological polar surface area (TPSA) is 52.6 Å². The number of carbonyl (C=O) groups excluding carboxylic acids is 1. The van der Waals surface area contributed by atoms with Gasteiger partial charge in [0.2, 0.25) is 0 Å². The van der Waals surface area contributed by atoms with Gasteiger partial charge in [-0.2, -0.15) is 0 Å². The molecular weight excluding hydrogens is 168 g/mol. The Morgan fingerprint density at radius 2 is 2.54 bits per heavy atom. The highest BCUT2D eigenvalue weighted by molar-refractivity contribution is 5.74. The minimum absolute atomic E-state index is 0.112. The van der Waals surface area contributed by atoms with Crippen molar-refractivity contribution < 1.29 is 9.90 Å². The van der Waals surface area contributed by atoms with Crippen LogP contribution in [0.5, 0.6) is 0 Å². The van der Waals surface area contributed by atoms with Gasteiger partial charge >= 0.3 is 6.03 Å². The summed E-state index contributed by atoms with van der Waals surface area (Å²) in [7, 11) is 0. The fourth-order valence-corrected chi connectivity index (χ4v) is 1.41. The summed E-state index contributed by atoms with van der Waals surface area (Å²) in [4.78, 5) is 13.0. The normalized spacial score (nSPS) is 22.5. The van der Waals surface area contributed by atoms with Gasteiger partial charge in [0.15, 0.2) is 0 Å². The molecule has 0 aliphatic carbocycles. The largest absolute Gasteiger partial charge is 0.391 e. The number of nitrogens with zero attached hydrogens (tertiary/aromatic N) is 1. The molecule has 0 aromatic carbocycles. The van der Waals surface area contributed by atoms with E-state index in [4.69, 9.17) is 0 Å². The Kier molecular flexibility index (Phi) is 3.76. The molecule has 0 radical (unpaired) electrons. The standard InChI is InChI=1S/C9H16N2O2/c1-2-5-10-9(13)11-6-3-4-8(12)7-11/h2,8,12H,1,3-7H2,(H,10,13)/t8-/m0/s1. The summed E-state index contributed by atoms with van der Waals surface area (Å²) in [6.07, 6.45) is 2.95. The number of urea groups is 1. The SMILES string of the molecule is C=CCNC(=O)N1CCC[C@H](O)C1. The molecule has 0 unspecified atom stereocenters. The minimum Gasteiger partial charge on any atom is -0.391 e. The molecule has 1 aliphatic rings. The molecule has 2 amide bonds. The first-order valence-electron chi connectivity index (χ1n) is 4.55. The van der Waals surface area contributed by atoms with Gasteiger partial charge in [-0.3, -0.25) is 0 Å². The molecule has 74 valence electrons. The van der Waals surface area contributed by atoms with Gasteiger partial charge in [-0.15, -0.1) is 6.58 Å². The number of likely N-dealkylation sites (tertiary alicyclic amines) is 1. The van der Waals surface area contributed by atoms with Crippen LogP contribution in [0.2, 0.25) is 0 Å². The van der Waals surface area contributed by atoms with Gasteiger partial charge in [0.1, 0.15) is 0 Å². The molecule has 1 aliphatic heterocycles. The van der Waals surface area contributed by atoms with Crippen molar-refractivity contribution in [2.45, 2.75) is 18.9 Å². The smallest absolute Gasteiger partial charge is 0.317 e. The number of nitrogens with one attached hydrogen (secondary N) is 1. The van der Waals surface area contributed by atoms with Crippen molar-refractivity contribution >= 4 is 6.03 Å². The van der Waals surface area contributed by atoms with E-state index in [-0.39, 0.29) is 12.1 Å². The lowest BCUT2D eigenvalue weighted by molar-refractivity contribution is 0.0846. The lowest BCUT2D eigenvalue weighted by Gasteiger charge is -2.29. The fourth-order valence-electron chi connectivity index (χ4n) is 1.41. The molecule has 0 bridgehead atoms. The van der Waals surface area contributed by atoms with E-state index < -0.39 is 0 Å². The summed E-state index contributed by atoms with van der Waals surface area (Å²) < 4.78 is 0. The molecule has 2 N–H and O–H groups in total. The summed E-state index contributed by atoms with van der Waals surface area (Å²) in [5.74, 6) is 0. The van der Waals surface area contributed by atoms with Crippen LogP contribution < -0.4 is 5.32 Å². The van der Waals surface area contributed by atoms with Crippen molar-refractivity contribution in [2.24, 2.45) is 0 Å². The molecule has 0 spiro atoms. The van der Waals surface area contributed by atoms with Crippen LogP contribution in [-0.4, -0.2) is 41.8 Å². The second-order valence-electron chi connectivity index (χ2n) is 3.22. The van der Waals surface area contributed by atoms with Crippen molar-refractivity contribution in [2.75, 3.05) is 19.6 Å². The first-order chi connectivity index (χ1) is 6.24. The fraction of sp³-hybridized carbons (Fsp3) is 0.667. The van der Waals surface area contributed by atoms with Gasteiger partial charge in [0.05, 0.1) is 6.10 Å². The lowest BCUT2D eigenvalue weighted by Crippen LogP contribution is -2.47. The highest BCUT2D eigenvalue weighted by Crippen LogP contribution is 2.09. The molecule has 1 saturated heterocycles. The van der Waals surface area contributed by atoms with E-state index in [1.165, 1.54) is 0 Å². The molecule has 0 saturated carbocycles. The Hall–Kier alpha value is -1.03. The van der Waals surface area contributed by atoms with E-state index in [1.807, 2.05) is 0 Å². The molecule has 0 aromatic heterocycles. The summed E-state index contributed by atoms with van der Waals surface area (Å²) in [6.45, 7) is 5.17. The van der Waals surface area contributed by atoms with Crippen LogP contribution in [0.3, 0.4) is 0 Å². The van der Waals surface area contributed by atoms with E-state index in [2.05, 4.69) is 11.9 Å². The van der Waals surface area contributed by atoms with Crippen molar-refractivity contribution in [1.29, 1.82) is 0 Å². The highest BCUT2D eigenvalue weighted by Gasteiger charge is 2.21. The van der Waals surface area contributed by atoms with E-state index in [0.29, 0.717) is 13.1 Å².